The van der Waals surface area contributed by atoms with Crippen molar-refractivity contribution in [2.45, 2.75) is 336 Å². The fourth-order valence-electron chi connectivity index (χ4n) is 9.05. The highest BCUT2D eigenvalue weighted by Gasteiger charge is 2.19. The van der Waals surface area contributed by atoms with Crippen molar-refractivity contribution in [3.8, 4) is 0 Å². The summed E-state index contributed by atoms with van der Waals surface area (Å²) in [6, 6.07) is 0. The van der Waals surface area contributed by atoms with E-state index in [1.165, 1.54) is 218 Å². The molecule has 0 aliphatic heterocycles. The molecule has 386 valence electrons. The Balaban J connectivity index is 4.30. The molecule has 0 fully saturated rings. The molecule has 0 N–H and O–H groups in total. The zero-order valence-corrected chi connectivity index (χ0v) is 44.6. The van der Waals surface area contributed by atoms with Crippen LogP contribution in [0.4, 0.5) is 0 Å². The molecule has 6 nitrogen and oxygen atoms in total. The van der Waals surface area contributed by atoms with Gasteiger partial charge in [0.05, 0.1) is 0 Å². The standard InChI is InChI=1S/C59H114O6/c1-6-7-8-9-10-11-12-13-18-24-29-34-39-44-49-57(60)63-52-56(53-64-58(61)50-45-40-35-30-25-21-20-23-28-33-38-43-48-55(4)5)65-59(62)51-46-41-36-31-26-19-16-14-15-17-22-27-32-37-42-47-54(2)3/h54-56H,6-53H2,1-5H3/t56-/m0/s1. The van der Waals surface area contributed by atoms with E-state index < -0.39 is 6.10 Å². The second-order valence-corrected chi connectivity index (χ2v) is 21.2. The summed E-state index contributed by atoms with van der Waals surface area (Å²) < 4.78 is 16.9. The predicted molar refractivity (Wildman–Crippen MR) is 280 cm³/mol. The molecule has 0 rings (SSSR count). The van der Waals surface area contributed by atoms with Crippen LogP contribution in [0.15, 0.2) is 0 Å². The minimum atomic E-state index is -0.763. The van der Waals surface area contributed by atoms with Crippen LogP contribution < -0.4 is 0 Å². The van der Waals surface area contributed by atoms with Crippen LogP contribution in [0.1, 0.15) is 330 Å². The minimum Gasteiger partial charge on any atom is -0.462 e. The van der Waals surface area contributed by atoms with Crippen molar-refractivity contribution in [3.63, 3.8) is 0 Å². The third-order valence-corrected chi connectivity index (χ3v) is 13.5. The van der Waals surface area contributed by atoms with E-state index in [-0.39, 0.29) is 31.1 Å². The quantitative estimate of drug-likeness (QED) is 0.0344. The number of rotatable bonds is 53. The van der Waals surface area contributed by atoms with Gasteiger partial charge in [-0.3, -0.25) is 14.4 Å². The fourth-order valence-corrected chi connectivity index (χ4v) is 9.05. The molecule has 0 bridgehead atoms. The lowest BCUT2D eigenvalue weighted by molar-refractivity contribution is -0.167. The third-order valence-electron chi connectivity index (χ3n) is 13.5. The van der Waals surface area contributed by atoms with Crippen LogP contribution in [-0.4, -0.2) is 37.2 Å². The van der Waals surface area contributed by atoms with E-state index in [1.807, 2.05) is 0 Å². The van der Waals surface area contributed by atoms with Crippen LogP contribution in [0.25, 0.3) is 0 Å². The molecule has 0 unspecified atom stereocenters. The Morgan fingerprint density at radius 2 is 0.508 bits per heavy atom. The van der Waals surface area contributed by atoms with Gasteiger partial charge in [0.15, 0.2) is 6.10 Å². The molecule has 0 amide bonds. The Bertz CT molecular complexity index is 993. The van der Waals surface area contributed by atoms with E-state index in [0.29, 0.717) is 19.3 Å². The van der Waals surface area contributed by atoms with E-state index in [9.17, 15) is 14.4 Å². The largest absolute Gasteiger partial charge is 0.462 e. The summed E-state index contributed by atoms with van der Waals surface area (Å²) in [5.74, 6) is 0.844. The molecule has 0 aromatic rings. The fraction of sp³-hybridized carbons (Fsp3) is 0.949. The summed E-state index contributed by atoms with van der Waals surface area (Å²) in [6.07, 6.45) is 55.2. The topological polar surface area (TPSA) is 78.9 Å². The van der Waals surface area contributed by atoms with Crippen molar-refractivity contribution in [1.29, 1.82) is 0 Å². The predicted octanol–water partition coefficient (Wildman–Crippen LogP) is 19.3. The Kier molecular flexibility index (Phi) is 50.5. The zero-order valence-electron chi connectivity index (χ0n) is 44.6. The van der Waals surface area contributed by atoms with E-state index in [0.717, 1.165) is 69.6 Å². The van der Waals surface area contributed by atoms with Gasteiger partial charge < -0.3 is 14.2 Å². The molecule has 0 aromatic heterocycles. The van der Waals surface area contributed by atoms with Crippen molar-refractivity contribution in [2.24, 2.45) is 11.8 Å². The van der Waals surface area contributed by atoms with Gasteiger partial charge in [-0.1, -0.05) is 291 Å². The summed E-state index contributed by atoms with van der Waals surface area (Å²) in [6.45, 7) is 11.4. The molecule has 0 spiro atoms. The Morgan fingerprint density at radius 1 is 0.292 bits per heavy atom. The maximum Gasteiger partial charge on any atom is 0.306 e. The molecule has 0 heterocycles. The Labute approximate surface area is 406 Å². The van der Waals surface area contributed by atoms with Crippen molar-refractivity contribution < 1.29 is 28.6 Å². The van der Waals surface area contributed by atoms with Gasteiger partial charge in [-0.15, -0.1) is 0 Å². The summed E-state index contributed by atoms with van der Waals surface area (Å²) >= 11 is 0. The van der Waals surface area contributed by atoms with E-state index in [4.69, 9.17) is 14.2 Å². The maximum absolute atomic E-state index is 12.9. The van der Waals surface area contributed by atoms with E-state index in [1.54, 1.807) is 0 Å². The summed E-state index contributed by atoms with van der Waals surface area (Å²) in [5, 5.41) is 0. The normalized spacial score (nSPS) is 12.0. The SMILES string of the molecule is CCCCCCCCCCCCCCCCC(=O)OC[C@@H](COC(=O)CCCCCCCCCCCCCCC(C)C)OC(=O)CCCCCCCCCCCCCCCCCC(C)C. The first-order chi connectivity index (χ1) is 31.7. The van der Waals surface area contributed by atoms with Gasteiger partial charge in [0.2, 0.25) is 0 Å². The van der Waals surface area contributed by atoms with E-state index in [2.05, 4.69) is 34.6 Å². The highest BCUT2D eigenvalue weighted by Crippen LogP contribution is 2.18. The average molecular weight is 920 g/mol. The molecular formula is C59H114O6. The van der Waals surface area contributed by atoms with Gasteiger partial charge in [0.1, 0.15) is 13.2 Å². The van der Waals surface area contributed by atoms with Gasteiger partial charge >= 0.3 is 17.9 Å². The first-order valence-electron chi connectivity index (χ1n) is 29.2. The van der Waals surface area contributed by atoms with Crippen LogP contribution in [-0.2, 0) is 28.6 Å². The maximum atomic E-state index is 12.9. The number of carbonyl (C=O) groups is 3. The molecule has 0 aromatic carbocycles. The second kappa shape index (κ2) is 51.8. The first kappa shape index (κ1) is 63.4. The van der Waals surface area contributed by atoms with Crippen molar-refractivity contribution in [1.82, 2.24) is 0 Å². The van der Waals surface area contributed by atoms with Crippen molar-refractivity contribution in [2.75, 3.05) is 13.2 Å². The summed E-state index contributed by atoms with van der Waals surface area (Å²) in [7, 11) is 0. The van der Waals surface area contributed by atoms with Gasteiger partial charge in [0.25, 0.3) is 0 Å². The number of hydrogen-bond donors (Lipinski definition) is 0. The zero-order chi connectivity index (χ0) is 47.5. The molecule has 1 atom stereocenters. The first-order valence-corrected chi connectivity index (χ1v) is 29.2. The summed E-state index contributed by atoms with van der Waals surface area (Å²) in [4.78, 5) is 38.1. The smallest absolute Gasteiger partial charge is 0.306 e. The average Bonchev–Trinajstić information content (AvgIpc) is 3.28. The van der Waals surface area contributed by atoms with Crippen LogP contribution in [0.2, 0.25) is 0 Å². The molecule has 65 heavy (non-hydrogen) atoms. The lowest BCUT2D eigenvalue weighted by Gasteiger charge is -2.18. The molecule has 6 heteroatoms. The minimum absolute atomic E-state index is 0.0625. The monoisotopic (exact) mass is 919 g/mol. The van der Waals surface area contributed by atoms with E-state index >= 15 is 0 Å². The van der Waals surface area contributed by atoms with Crippen LogP contribution in [0.3, 0.4) is 0 Å². The lowest BCUT2D eigenvalue weighted by Crippen LogP contribution is -2.30. The highest BCUT2D eigenvalue weighted by molar-refractivity contribution is 5.71. The van der Waals surface area contributed by atoms with Crippen LogP contribution in [0.5, 0.6) is 0 Å². The Morgan fingerprint density at radius 3 is 0.754 bits per heavy atom. The van der Waals surface area contributed by atoms with Gasteiger partial charge in [-0.05, 0) is 31.1 Å². The number of esters is 3. The highest BCUT2D eigenvalue weighted by atomic mass is 16.6. The third kappa shape index (κ3) is 53.2. The van der Waals surface area contributed by atoms with Crippen LogP contribution >= 0.6 is 0 Å². The molecule has 0 saturated carbocycles. The number of hydrogen-bond acceptors (Lipinski definition) is 6. The lowest BCUT2D eigenvalue weighted by atomic mass is 10.0. The number of ether oxygens (including phenoxy) is 3. The molecule has 0 aliphatic rings. The Hall–Kier alpha value is -1.59. The van der Waals surface area contributed by atoms with Crippen molar-refractivity contribution in [3.05, 3.63) is 0 Å². The number of unbranched alkanes of at least 4 members (excludes halogenated alkanes) is 38. The van der Waals surface area contributed by atoms with Crippen molar-refractivity contribution >= 4 is 17.9 Å². The molecular weight excluding hydrogens is 805 g/mol. The second-order valence-electron chi connectivity index (χ2n) is 21.2. The van der Waals surface area contributed by atoms with Gasteiger partial charge in [-0.25, -0.2) is 0 Å². The summed E-state index contributed by atoms with van der Waals surface area (Å²) in [5.41, 5.74) is 0. The van der Waals surface area contributed by atoms with Gasteiger partial charge in [-0.2, -0.15) is 0 Å². The van der Waals surface area contributed by atoms with Crippen LogP contribution in [0, 0.1) is 11.8 Å². The molecule has 0 saturated heterocycles. The van der Waals surface area contributed by atoms with Gasteiger partial charge in [0, 0.05) is 19.3 Å². The molecule has 0 aliphatic carbocycles. The molecule has 0 radical (unpaired) electrons. The number of carbonyl (C=O) groups excluding carboxylic acids is 3.